The fourth-order valence-corrected chi connectivity index (χ4v) is 8.24. The first-order chi connectivity index (χ1) is 25.9. The van der Waals surface area contributed by atoms with Crippen LogP contribution in [0.2, 0.25) is 0 Å². The third-order valence-electron chi connectivity index (χ3n) is 11.4. The SMILES string of the molecule is Bc1c(B)c(B)c(-c2nc(-c3ccc4c(c3)oc3cccc(-c5ccc6ccccc6c5)c34)nc(-n3c4ccccc4c4ccccc43)n2)c(B)c1B. The molecule has 0 bridgehead atoms. The summed E-state index contributed by atoms with van der Waals surface area (Å²) in [6, 6.07) is 44.7. The number of nitrogens with zero attached hydrogens (tertiary/aromatic N) is 4. The summed E-state index contributed by atoms with van der Waals surface area (Å²) in [5, 5.41) is 6.91. The Bertz CT molecular complexity index is 3070. The van der Waals surface area contributed by atoms with Gasteiger partial charge < -0.3 is 4.42 Å². The molecule has 0 aliphatic carbocycles. The predicted molar refractivity (Wildman–Crippen MR) is 236 cm³/mol. The van der Waals surface area contributed by atoms with Crippen molar-refractivity contribution in [3.8, 4) is 39.9 Å². The largest absolute Gasteiger partial charge is 0.456 e. The molecule has 0 saturated heterocycles. The Morgan fingerprint density at radius 2 is 1.08 bits per heavy atom. The van der Waals surface area contributed by atoms with Crippen molar-refractivity contribution in [1.82, 2.24) is 19.5 Å². The first-order valence-corrected chi connectivity index (χ1v) is 18.1. The molecule has 244 valence electrons. The van der Waals surface area contributed by atoms with E-state index >= 15 is 0 Å². The van der Waals surface area contributed by atoms with Gasteiger partial charge in [-0.3, -0.25) is 4.57 Å². The first kappa shape index (κ1) is 31.5. The van der Waals surface area contributed by atoms with Gasteiger partial charge in [-0.1, -0.05) is 102 Å². The third-order valence-corrected chi connectivity index (χ3v) is 11.4. The molecule has 5 nitrogen and oxygen atoms in total. The van der Waals surface area contributed by atoms with Crippen LogP contribution < -0.4 is 27.3 Å². The van der Waals surface area contributed by atoms with Crippen LogP contribution >= 0.6 is 0 Å². The highest BCUT2D eigenvalue weighted by Crippen LogP contribution is 2.39. The van der Waals surface area contributed by atoms with Gasteiger partial charge in [0.15, 0.2) is 11.6 Å². The van der Waals surface area contributed by atoms with Crippen LogP contribution in [0.5, 0.6) is 0 Å². The first-order valence-electron chi connectivity index (χ1n) is 18.1. The number of para-hydroxylation sites is 2. The van der Waals surface area contributed by atoms with Gasteiger partial charge >= 0.3 is 0 Å². The molecule has 10 rings (SSSR count). The predicted octanol–water partition coefficient (Wildman–Crippen LogP) is 2.31. The van der Waals surface area contributed by atoms with E-state index in [0.717, 1.165) is 66.0 Å². The van der Waals surface area contributed by atoms with E-state index in [-0.39, 0.29) is 0 Å². The molecule has 0 aliphatic rings. The number of hydrogen-bond acceptors (Lipinski definition) is 4. The summed E-state index contributed by atoms with van der Waals surface area (Å²) in [5.74, 6) is 1.84. The average Bonchev–Trinajstić information content (AvgIpc) is 3.74. The second-order valence-corrected chi connectivity index (χ2v) is 14.2. The summed E-state index contributed by atoms with van der Waals surface area (Å²) >= 11 is 0. The molecule has 3 heterocycles. The maximum Gasteiger partial charge on any atom is 0.238 e. The molecular weight excluding hydrogens is 643 g/mol. The van der Waals surface area contributed by atoms with E-state index in [0.29, 0.717) is 17.6 Å². The normalized spacial score (nSPS) is 11.8. The quantitative estimate of drug-likeness (QED) is 0.270. The molecule has 0 amide bonds. The van der Waals surface area contributed by atoms with Crippen molar-refractivity contribution in [3.05, 3.63) is 127 Å². The van der Waals surface area contributed by atoms with Crippen LogP contribution in [-0.4, -0.2) is 58.8 Å². The molecule has 53 heavy (non-hydrogen) atoms. The van der Waals surface area contributed by atoms with Gasteiger partial charge in [-0.05, 0) is 58.3 Å². The smallest absolute Gasteiger partial charge is 0.238 e. The minimum absolute atomic E-state index is 0.584. The summed E-state index contributed by atoms with van der Waals surface area (Å²) in [6.07, 6.45) is 0. The number of fused-ring (bicyclic) bond motifs is 7. The number of rotatable bonds is 4. The Morgan fingerprint density at radius 3 is 1.81 bits per heavy atom. The highest BCUT2D eigenvalue weighted by molar-refractivity contribution is 6.68. The Labute approximate surface area is 311 Å². The fraction of sp³-hybridized carbons (Fsp3) is 0. The van der Waals surface area contributed by atoms with Crippen LogP contribution in [0.15, 0.2) is 132 Å². The fourth-order valence-electron chi connectivity index (χ4n) is 8.24. The summed E-state index contributed by atoms with van der Waals surface area (Å²) in [4.78, 5) is 15.8. The van der Waals surface area contributed by atoms with Crippen LogP contribution in [-0.2, 0) is 0 Å². The van der Waals surface area contributed by atoms with Crippen molar-refractivity contribution in [2.45, 2.75) is 0 Å². The summed E-state index contributed by atoms with van der Waals surface area (Å²) < 4.78 is 8.78. The molecule has 0 spiro atoms. The number of hydrogen-bond donors (Lipinski definition) is 0. The standard InChI is InChI=1S/C43H31B5N4O/c44-36-35(37(45)39(47)40(48)38(36)46)42-49-41(50-43(51-42)52-30-13-5-3-10-27(30)28-11-4-6-14-31(28)52)25-18-19-29-33(21-25)53-32-15-7-12-26(34(29)32)24-17-16-22-8-1-2-9-23(22)20-24/h1-21H,44-48H2. The van der Waals surface area contributed by atoms with Gasteiger partial charge in [-0.15, -0.1) is 16.4 Å². The van der Waals surface area contributed by atoms with E-state index in [1.807, 2.05) is 0 Å². The Morgan fingerprint density at radius 1 is 0.453 bits per heavy atom. The second-order valence-electron chi connectivity index (χ2n) is 14.2. The van der Waals surface area contributed by atoms with Crippen molar-refractivity contribution in [2.75, 3.05) is 0 Å². The molecule has 0 saturated carbocycles. The zero-order valence-electron chi connectivity index (χ0n) is 30.3. The van der Waals surface area contributed by atoms with E-state index in [2.05, 4.69) is 171 Å². The molecule has 0 N–H and O–H groups in total. The van der Waals surface area contributed by atoms with Crippen LogP contribution in [0.4, 0.5) is 0 Å². The zero-order chi connectivity index (χ0) is 36.0. The summed E-state index contributed by atoms with van der Waals surface area (Å²) in [7, 11) is 10.9. The lowest BCUT2D eigenvalue weighted by Crippen LogP contribution is -2.55. The highest BCUT2D eigenvalue weighted by Gasteiger charge is 2.22. The molecule has 3 aromatic heterocycles. The Kier molecular flexibility index (Phi) is 7.06. The lowest BCUT2D eigenvalue weighted by atomic mass is 9.60. The Balaban J connectivity index is 1.21. The molecule has 0 radical (unpaired) electrons. The second kappa shape index (κ2) is 11.9. The minimum Gasteiger partial charge on any atom is -0.456 e. The number of benzene rings is 7. The monoisotopic (exact) mass is 674 g/mol. The van der Waals surface area contributed by atoms with Crippen molar-refractivity contribution in [1.29, 1.82) is 0 Å². The lowest BCUT2D eigenvalue weighted by Gasteiger charge is -2.20. The molecule has 0 atom stereocenters. The van der Waals surface area contributed by atoms with Crippen LogP contribution in [0.25, 0.3) is 94.4 Å². The molecular formula is C43H31B5N4O. The van der Waals surface area contributed by atoms with E-state index in [4.69, 9.17) is 19.4 Å². The average molecular weight is 674 g/mol. The lowest BCUT2D eigenvalue weighted by molar-refractivity contribution is 0.669. The molecule has 0 aliphatic heterocycles. The summed E-state index contributed by atoms with van der Waals surface area (Å²) in [5.41, 5.74) is 14.2. The van der Waals surface area contributed by atoms with Gasteiger partial charge in [0.1, 0.15) is 50.4 Å². The molecule has 10 aromatic rings. The van der Waals surface area contributed by atoms with Gasteiger partial charge in [-0.2, -0.15) is 9.97 Å². The summed E-state index contributed by atoms with van der Waals surface area (Å²) in [6.45, 7) is 0. The van der Waals surface area contributed by atoms with E-state index in [1.165, 1.54) is 38.1 Å². The molecule has 7 aromatic carbocycles. The highest BCUT2D eigenvalue weighted by atomic mass is 16.3. The van der Waals surface area contributed by atoms with Crippen LogP contribution in [0.1, 0.15) is 0 Å². The third kappa shape index (κ3) is 4.82. The number of aromatic nitrogens is 4. The van der Waals surface area contributed by atoms with Gasteiger partial charge in [0.25, 0.3) is 0 Å². The minimum atomic E-state index is 0.584. The topological polar surface area (TPSA) is 56.7 Å². The van der Waals surface area contributed by atoms with Crippen molar-refractivity contribution >= 4 is 121 Å². The molecule has 10 heteroatoms. The van der Waals surface area contributed by atoms with Gasteiger partial charge in [0.05, 0.1) is 11.0 Å². The van der Waals surface area contributed by atoms with E-state index < -0.39 is 0 Å². The van der Waals surface area contributed by atoms with Crippen LogP contribution in [0, 0.1) is 0 Å². The van der Waals surface area contributed by atoms with Crippen molar-refractivity contribution in [3.63, 3.8) is 0 Å². The number of furan rings is 1. The molecule has 0 unspecified atom stereocenters. The Hall–Kier alpha value is -6.27. The molecule has 0 fully saturated rings. The van der Waals surface area contributed by atoms with E-state index in [9.17, 15) is 0 Å². The van der Waals surface area contributed by atoms with Crippen molar-refractivity contribution in [2.24, 2.45) is 0 Å². The van der Waals surface area contributed by atoms with E-state index in [1.54, 1.807) is 0 Å². The van der Waals surface area contributed by atoms with Crippen LogP contribution in [0.3, 0.4) is 0 Å². The van der Waals surface area contributed by atoms with Gasteiger partial charge in [0, 0.05) is 32.7 Å². The van der Waals surface area contributed by atoms with Gasteiger partial charge in [-0.25, -0.2) is 4.98 Å². The maximum atomic E-state index is 6.60. The van der Waals surface area contributed by atoms with Gasteiger partial charge in [0.2, 0.25) is 5.95 Å². The van der Waals surface area contributed by atoms with Crippen molar-refractivity contribution < 1.29 is 4.42 Å². The maximum absolute atomic E-state index is 6.60. The zero-order valence-corrected chi connectivity index (χ0v) is 30.3.